The fourth-order valence-electron chi connectivity index (χ4n) is 5.75. The lowest BCUT2D eigenvalue weighted by molar-refractivity contribution is -0.141. The molecule has 1 aliphatic carbocycles. The number of hydrogen-bond acceptors (Lipinski definition) is 7. The molecule has 1 fully saturated rings. The highest BCUT2D eigenvalue weighted by molar-refractivity contribution is 5.80. The molecule has 0 bridgehead atoms. The topological polar surface area (TPSA) is 110 Å². The number of esters is 1. The number of anilines is 1. The second-order valence-electron chi connectivity index (χ2n) is 10.3. The summed E-state index contributed by atoms with van der Waals surface area (Å²) in [6, 6.07) is 13.5. The van der Waals surface area contributed by atoms with Gasteiger partial charge in [0.05, 0.1) is 7.11 Å². The lowest BCUT2D eigenvalue weighted by Crippen LogP contribution is -2.38. The van der Waals surface area contributed by atoms with Crippen molar-refractivity contribution in [2.75, 3.05) is 18.6 Å². The number of carbonyl (C=O) groups excluding carboxylic acids is 1. The molecule has 0 spiro atoms. The molecule has 9 heteroatoms. The third-order valence-electron chi connectivity index (χ3n) is 7.69. The van der Waals surface area contributed by atoms with E-state index in [0.717, 1.165) is 39.8 Å². The van der Waals surface area contributed by atoms with Crippen LogP contribution in [0.4, 0.5) is 5.95 Å². The number of fused-ring (bicyclic) bond motifs is 2. The lowest BCUT2D eigenvalue weighted by Gasteiger charge is -2.23. The van der Waals surface area contributed by atoms with E-state index in [-0.39, 0.29) is 5.97 Å². The first kappa shape index (κ1) is 25.5. The SMILES string of the molecule is COC(=O)[C@@H]1CCCN1c1nccc(-n2cc(C3c4ccc(C)cc4C=Cc4cc(C)ccc43)c(=O)[nH]c2=O)n1. The maximum absolute atomic E-state index is 13.4. The largest absolute Gasteiger partial charge is 0.467 e. The van der Waals surface area contributed by atoms with Crippen LogP contribution in [-0.2, 0) is 9.53 Å². The normalized spacial score (nSPS) is 16.4. The average molecular weight is 536 g/mol. The zero-order chi connectivity index (χ0) is 28.0. The third kappa shape index (κ3) is 4.43. The smallest absolute Gasteiger partial charge is 0.334 e. The first-order valence-electron chi connectivity index (χ1n) is 13.3. The zero-order valence-corrected chi connectivity index (χ0v) is 22.5. The van der Waals surface area contributed by atoms with Gasteiger partial charge in [0.25, 0.3) is 5.56 Å². The van der Waals surface area contributed by atoms with Crippen LogP contribution in [0.5, 0.6) is 0 Å². The number of hydrogen-bond donors (Lipinski definition) is 1. The van der Waals surface area contributed by atoms with Gasteiger partial charge >= 0.3 is 11.7 Å². The third-order valence-corrected chi connectivity index (χ3v) is 7.69. The molecule has 4 aromatic rings. The molecule has 0 amide bonds. The van der Waals surface area contributed by atoms with Crippen molar-refractivity contribution in [3.05, 3.63) is 115 Å². The van der Waals surface area contributed by atoms with Gasteiger partial charge in [-0.25, -0.2) is 14.6 Å². The van der Waals surface area contributed by atoms with Gasteiger partial charge in [-0.05, 0) is 48.9 Å². The summed E-state index contributed by atoms with van der Waals surface area (Å²) in [7, 11) is 1.36. The molecule has 1 saturated heterocycles. The van der Waals surface area contributed by atoms with Crippen LogP contribution in [0.3, 0.4) is 0 Å². The molecule has 0 unspecified atom stereocenters. The number of aromatic nitrogens is 4. The van der Waals surface area contributed by atoms with Crippen molar-refractivity contribution >= 4 is 24.1 Å². The Labute approximate surface area is 230 Å². The van der Waals surface area contributed by atoms with Gasteiger partial charge in [0, 0.05) is 36.5 Å². The van der Waals surface area contributed by atoms with E-state index in [0.29, 0.717) is 30.3 Å². The van der Waals surface area contributed by atoms with E-state index in [9.17, 15) is 14.4 Å². The Morgan fingerprint density at radius 2 is 1.65 bits per heavy atom. The Bertz CT molecular complexity index is 1730. The highest BCUT2D eigenvalue weighted by Crippen LogP contribution is 2.38. The summed E-state index contributed by atoms with van der Waals surface area (Å²) in [6.07, 6.45) is 8.72. The molecule has 9 nitrogen and oxygen atoms in total. The molecule has 2 aromatic carbocycles. The van der Waals surface area contributed by atoms with Crippen molar-refractivity contribution in [3.63, 3.8) is 0 Å². The molecule has 2 aliphatic rings. The molecule has 1 N–H and O–H groups in total. The second-order valence-corrected chi connectivity index (χ2v) is 10.3. The van der Waals surface area contributed by atoms with Crippen LogP contribution < -0.4 is 16.1 Å². The first-order chi connectivity index (χ1) is 19.3. The van der Waals surface area contributed by atoms with Gasteiger partial charge in [0.2, 0.25) is 5.95 Å². The fourth-order valence-corrected chi connectivity index (χ4v) is 5.75. The summed E-state index contributed by atoms with van der Waals surface area (Å²) >= 11 is 0. The molecule has 2 aromatic heterocycles. The summed E-state index contributed by atoms with van der Waals surface area (Å²) in [4.78, 5) is 52.2. The first-order valence-corrected chi connectivity index (χ1v) is 13.3. The highest BCUT2D eigenvalue weighted by Gasteiger charge is 2.33. The number of H-pyrrole nitrogens is 1. The Kier molecular flexibility index (Phi) is 6.42. The van der Waals surface area contributed by atoms with Crippen LogP contribution in [0.2, 0.25) is 0 Å². The second kappa shape index (κ2) is 10.1. The van der Waals surface area contributed by atoms with Crippen LogP contribution in [-0.4, -0.2) is 45.2 Å². The van der Waals surface area contributed by atoms with Crippen molar-refractivity contribution in [1.82, 2.24) is 19.5 Å². The summed E-state index contributed by atoms with van der Waals surface area (Å²) in [5.74, 6) is -0.145. The number of aryl methyl sites for hydroxylation is 2. The van der Waals surface area contributed by atoms with Gasteiger partial charge in [0.15, 0.2) is 0 Å². The highest BCUT2D eigenvalue weighted by atomic mass is 16.5. The maximum Gasteiger partial charge on any atom is 0.334 e. The number of nitrogens with one attached hydrogen (secondary N) is 1. The van der Waals surface area contributed by atoms with Crippen molar-refractivity contribution in [3.8, 4) is 5.82 Å². The van der Waals surface area contributed by atoms with Crippen LogP contribution in [0.1, 0.15) is 57.7 Å². The maximum atomic E-state index is 13.4. The Morgan fingerprint density at radius 1 is 0.975 bits per heavy atom. The predicted octanol–water partition coefficient (Wildman–Crippen LogP) is 3.74. The monoisotopic (exact) mass is 535 g/mol. The number of rotatable bonds is 4. The van der Waals surface area contributed by atoms with E-state index in [1.807, 2.05) is 38.1 Å². The van der Waals surface area contributed by atoms with Crippen LogP contribution in [0, 0.1) is 13.8 Å². The van der Waals surface area contributed by atoms with E-state index in [2.05, 4.69) is 39.2 Å². The van der Waals surface area contributed by atoms with E-state index in [1.54, 1.807) is 23.4 Å². The molecule has 40 heavy (non-hydrogen) atoms. The minimum Gasteiger partial charge on any atom is -0.467 e. The molecule has 202 valence electrons. The van der Waals surface area contributed by atoms with Gasteiger partial charge in [0.1, 0.15) is 11.9 Å². The van der Waals surface area contributed by atoms with Crippen LogP contribution in [0.25, 0.3) is 18.0 Å². The molecule has 0 radical (unpaired) electrons. The number of carbonyl (C=O) groups is 1. The minimum absolute atomic E-state index is 0.294. The Hall–Kier alpha value is -4.79. The number of benzene rings is 2. The van der Waals surface area contributed by atoms with E-state index in [4.69, 9.17) is 4.74 Å². The Balaban J connectivity index is 1.51. The average Bonchev–Trinajstić information content (AvgIpc) is 3.39. The van der Waals surface area contributed by atoms with Crippen LogP contribution in [0.15, 0.2) is 64.4 Å². The van der Waals surface area contributed by atoms with Crippen molar-refractivity contribution in [1.29, 1.82) is 0 Å². The number of nitrogens with zero attached hydrogens (tertiary/aromatic N) is 4. The number of aromatic amines is 1. The summed E-state index contributed by atoms with van der Waals surface area (Å²) in [6.45, 7) is 4.67. The Morgan fingerprint density at radius 3 is 2.30 bits per heavy atom. The summed E-state index contributed by atoms with van der Waals surface area (Å²) in [5.41, 5.74) is 5.57. The van der Waals surface area contributed by atoms with Gasteiger partial charge in [-0.3, -0.25) is 14.3 Å². The summed E-state index contributed by atoms with van der Waals surface area (Å²) < 4.78 is 6.30. The van der Waals surface area contributed by atoms with Crippen molar-refractivity contribution in [2.45, 2.75) is 38.6 Å². The van der Waals surface area contributed by atoms with Crippen molar-refractivity contribution in [2.24, 2.45) is 0 Å². The predicted molar refractivity (Wildman–Crippen MR) is 153 cm³/mol. The number of methoxy groups -OCH3 is 1. The van der Waals surface area contributed by atoms with Gasteiger partial charge in [-0.2, -0.15) is 4.98 Å². The van der Waals surface area contributed by atoms with Gasteiger partial charge in [-0.1, -0.05) is 59.7 Å². The zero-order valence-electron chi connectivity index (χ0n) is 22.5. The quantitative estimate of drug-likeness (QED) is 0.349. The molecule has 6 rings (SSSR count). The van der Waals surface area contributed by atoms with Gasteiger partial charge in [-0.15, -0.1) is 0 Å². The molecular formula is C31H29N5O4. The standard InChI is InChI=1S/C31H29N5O4/c1-18-6-10-22-20(15-18)8-9-21-16-19(2)7-11-23(21)27(22)24-17-36(31(39)34-28(24)37)26-12-13-32-30(33-26)35-14-4-5-25(35)29(38)40-3/h6-13,15-17,25,27H,4-5,14H2,1-3H3,(H,34,37,39)/t25-/m0/s1. The lowest BCUT2D eigenvalue weighted by atomic mass is 9.82. The summed E-state index contributed by atoms with van der Waals surface area (Å²) in [5, 5.41) is 0. The molecular weight excluding hydrogens is 506 g/mol. The minimum atomic E-state index is -0.607. The molecule has 3 heterocycles. The van der Waals surface area contributed by atoms with Gasteiger partial charge < -0.3 is 9.64 Å². The molecule has 1 atom stereocenters. The number of ether oxygens (including phenoxy) is 1. The van der Waals surface area contributed by atoms with E-state index in [1.165, 1.54) is 11.7 Å². The molecule has 1 aliphatic heterocycles. The van der Waals surface area contributed by atoms with E-state index >= 15 is 0 Å². The van der Waals surface area contributed by atoms with E-state index < -0.39 is 23.2 Å². The molecule has 0 saturated carbocycles. The fraction of sp³-hybridized carbons (Fsp3) is 0.258. The van der Waals surface area contributed by atoms with Crippen molar-refractivity contribution < 1.29 is 9.53 Å². The van der Waals surface area contributed by atoms with Crippen LogP contribution >= 0.6 is 0 Å².